The molecule has 1 aliphatic heterocycles. The Hall–Kier alpha value is -2.73. The van der Waals surface area contributed by atoms with Crippen LogP contribution < -0.4 is 10.6 Å². The fourth-order valence-electron chi connectivity index (χ4n) is 2.44. The quantitative estimate of drug-likeness (QED) is 0.778. The first-order valence-electron chi connectivity index (χ1n) is 6.84. The fourth-order valence-corrected chi connectivity index (χ4v) is 3.13. The molecular weight excluding hydrogens is 296 g/mol. The normalized spacial score (nSPS) is 12.8. The molecule has 1 aromatic carbocycles. The van der Waals surface area contributed by atoms with Crippen molar-refractivity contribution < 1.29 is 4.79 Å². The highest BCUT2D eigenvalue weighted by atomic mass is 32.1. The summed E-state index contributed by atoms with van der Waals surface area (Å²) >= 11 is 1.64. The number of rotatable bonds is 3. The minimum Gasteiger partial charge on any atom is -0.340 e. The molecule has 0 radical (unpaired) electrons. The fraction of sp³-hybridized carbons (Fsp3) is 0.0625. The second kappa shape index (κ2) is 5.23. The van der Waals surface area contributed by atoms with Gasteiger partial charge in [0, 0.05) is 17.4 Å². The number of aromatic nitrogens is 2. The number of hydrogen-bond donors (Lipinski definition) is 2. The van der Waals surface area contributed by atoms with Crippen molar-refractivity contribution in [1.29, 1.82) is 0 Å². The molecule has 5 nitrogen and oxygen atoms in total. The molecule has 0 saturated carbocycles. The van der Waals surface area contributed by atoms with Crippen molar-refractivity contribution in [2.24, 2.45) is 0 Å². The molecule has 4 rings (SSSR count). The molecule has 0 unspecified atom stereocenters. The number of nitrogens with zero attached hydrogens (tertiary/aromatic N) is 2. The summed E-state index contributed by atoms with van der Waals surface area (Å²) in [6.45, 7) is 0. The smallest absolute Gasteiger partial charge is 0.228 e. The molecule has 3 aromatic rings. The molecule has 0 aliphatic carbocycles. The van der Waals surface area contributed by atoms with Crippen molar-refractivity contribution in [3.8, 4) is 10.6 Å². The van der Waals surface area contributed by atoms with Gasteiger partial charge in [-0.05, 0) is 35.2 Å². The van der Waals surface area contributed by atoms with E-state index in [1.807, 2.05) is 41.8 Å². The van der Waals surface area contributed by atoms with Crippen LogP contribution in [0.25, 0.3) is 10.6 Å². The molecule has 6 heteroatoms. The predicted molar refractivity (Wildman–Crippen MR) is 87.4 cm³/mol. The number of hydrogen-bond acceptors (Lipinski definition) is 5. The maximum absolute atomic E-state index is 11.4. The van der Waals surface area contributed by atoms with Gasteiger partial charge < -0.3 is 10.6 Å². The molecule has 1 aliphatic rings. The van der Waals surface area contributed by atoms with Gasteiger partial charge in [-0.2, -0.15) is 0 Å². The van der Waals surface area contributed by atoms with Crippen LogP contribution in [0.1, 0.15) is 5.56 Å². The minimum atomic E-state index is 0.0363. The van der Waals surface area contributed by atoms with E-state index in [4.69, 9.17) is 0 Å². The number of anilines is 3. The summed E-state index contributed by atoms with van der Waals surface area (Å²) in [5, 5.41) is 8.11. The molecule has 0 spiro atoms. The second-order valence-electron chi connectivity index (χ2n) is 4.99. The maximum Gasteiger partial charge on any atom is 0.228 e. The first kappa shape index (κ1) is 13.0. The van der Waals surface area contributed by atoms with E-state index in [9.17, 15) is 4.79 Å². The first-order chi connectivity index (χ1) is 10.8. The molecule has 22 heavy (non-hydrogen) atoms. The van der Waals surface area contributed by atoms with Gasteiger partial charge in [0.25, 0.3) is 0 Å². The third-order valence-electron chi connectivity index (χ3n) is 3.44. The Labute approximate surface area is 131 Å². The lowest BCUT2D eigenvalue weighted by Crippen LogP contribution is -2.03. The van der Waals surface area contributed by atoms with E-state index in [0.29, 0.717) is 6.42 Å². The third kappa shape index (κ3) is 2.44. The van der Waals surface area contributed by atoms with Crippen molar-refractivity contribution >= 4 is 34.4 Å². The van der Waals surface area contributed by atoms with Gasteiger partial charge in [-0.25, -0.2) is 9.97 Å². The van der Waals surface area contributed by atoms with Gasteiger partial charge in [-0.1, -0.05) is 6.07 Å². The van der Waals surface area contributed by atoms with E-state index < -0.39 is 0 Å². The van der Waals surface area contributed by atoms with E-state index in [-0.39, 0.29) is 5.91 Å². The number of carbonyl (C=O) groups is 1. The van der Waals surface area contributed by atoms with Crippen molar-refractivity contribution in [2.75, 3.05) is 10.6 Å². The standard InChI is InChI=1S/C16H12N4OS/c21-16-7-10-6-11(3-4-12(10)20-16)19-15-8-13(17-9-18-15)14-2-1-5-22-14/h1-6,8-9H,7H2,(H,20,21)(H,17,18,19). The van der Waals surface area contributed by atoms with Gasteiger partial charge in [0.1, 0.15) is 12.1 Å². The molecule has 108 valence electrons. The lowest BCUT2D eigenvalue weighted by Gasteiger charge is -2.08. The Morgan fingerprint density at radius 2 is 2.14 bits per heavy atom. The van der Waals surface area contributed by atoms with Crippen LogP contribution in [0.15, 0.2) is 48.1 Å². The number of thiophene rings is 1. The number of carbonyl (C=O) groups excluding carboxylic acids is 1. The molecule has 2 aromatic heterocycles. The topological polar surface area (TPSA) is 66.9 Å². The van der Waals surface area contributed by atoms with Crippen molar-refractivity contribution in [3.63, 3.8) is 0 Å². The summed E-state index contributed by atoms with van der Waals surface area (Å²) in [4.78, 5) is 21.0. The Bertz CT molecular complexity index is 845. The highest BCUT2D eigenvalue weighted by molar-refractivity contribution is 7.13. The minimum absolute atomic E-state index is 0.0363. The molecule has 0 bridgehead atoms. The monoisotopic (exact) mass is 308 g/mol. The lowest BCUT2D eigenvalue weighted by molar-refractivity contribution is -0.115. The molecular formula is C16H12N4OS. The number of amides is 1. The number of benzene rings is 1. The molecule has 0 saturated heterocycles. The average molecular weight is 308 g/mol. The largest absolute Gasteiger partial charge is 0.340 e. The summed E-state index contributed by atoms with van der Waals surface area (Å²) < 4.78 is 0. The van der Waals surface area contributed by atoms with E-state index in [1.54, 1.807) is 17.7 Å². The van der Waals surface area contributed by atoms with Crippen LogP contribution in [0.3, 0.4) is 0 Å². The van der Waals surface area contributed by atoms with Gasteiger partial charge >= 0.3 is 0 Å². The van der Waals surface area contributed by atoms with Crippen molar-refractivity contribution in [2.45, 2.75) is 6.42 Å². The Morgan fingerprint density at radius 3 is 3.00 bits per heavy atom. The zero-order chi connectivity index (χ0) is 14.9. The van der Waals surface area contributed by atoms with Crippen LogP contribution in [-0.4, -0.2) is 15.9 Å². The summed E-state index contributed by atoms with van der Waals surface area (Å²) in [5.41, 5.74) is 3.69. The van der Waals surface area contributed by atoms with Crippen LogP contribution in [0.5, 0.6) is 0 Å². The van der Waals surface area contributed by atoms with Gasteiger partial charge in [-0.3, -0.25) is 4.79 Å². The third-order valence-corrected chi connectivity index (χ3v) is 4.34. The van der Waals surface area contributed by atoms with Crippen molar-refractivity contribution in [1.82, 2.24) is 9.97 Å². The second-order valence-corrected chi connectivity index (χ2v) is 5.94. The van der Waals surface area contributed by atoms with Gasteiger partial charge in [-0.15, -0.1) is 11.3 Å². The Balaban J connectivity index is 1.61. The van der Waals surface area contributed by atoms with Crippen LogP contribution in [0.4, 0.5) is 17.2 Å². The highest BCUT2D eigenvalue weighted by Gasteiger charge is 2.17. The summed E-state index contributed by atoms with van der Waals surface area (Å²) in [5.74, 6) is 0.768. The lowest BCUT2D eigenvalue weighted by atomic mass is 10.1. The first-order valence-corrected chi connectivity index (χ1v) is 7.72. The molecule has 2 N–H and O–H groups in total. The van der Waals surface area contributed by atoms with Crippen LogP contribution in [0, 0.1) is 0 Å². The summed E-state index contributed by atoms with van der Waals surface area (Å²) in [7, 11) is 0. The van der Waals surface area contributed by atoms with Crippen LogP contribution in [0.2, 0.25) is 0 Å². The highest BCUT2D eigenvalue weighted by Crippen LogP contribution is 2.28. The van der Waals surface area contributed by atoms with Gasteiger partial charge in [0.05, 0.1) is 17.0 Å². The molecule has 1 amide bonds. The average Bonchev–Trinajstić information content (AvgIpc) is 3.15. The van der Waals surface area contributed by atoms with Gasteiger partial charge in [0.15, 0.2) is 0 Å². The number of nitrogens with one attached hydrogen (secondary N) is 2. The van der Waals surface area contributed by atoms with E-state index in [0.717, 1.165) is 33.3 Å². The van der Waals surface area contributed by atoms with Gasteiger partial charge in [0.2, 0.25) is 5.91 Å². The molecule has 0 atom stereocenters. The van der Waals surface area contributed by atoms with Crippen LogP contribution >= 0.6 is 11.3 Å². The van der Waals surface area contributed by atoms with E-state index in [2.05, 4.69) is 20.6 Å². The predicted octanol–water partition coefficient (Wildman–Crippen LogP) is 3.44. The van der Waals surface area contributed by atoms with E-state index >= 15 is 0 Å². The maximum atomic E-state index is 11.4. The Kier molecular flexibility index (Phi) is 3.08. The Morgan fingerprint density at radius 1 is 1.18 bits per heavy atom. The molecule has 0 fully saturated rings. The summed E-state index contributed by atoms with van der Waals surface area (Å²) in [6, 6.07) is 11.8. The SMILES string of the molecule is O=C1Cc2cc(Nc3cc(-c4cccs4)ncn3)ccc2N1. The van der Waals surface area contributed by atoms with E-state index in [1.165, 1.54) is 0 Å². The molecule has 3 heterocycles. The summed E-state index contributed by atoms with van der Waals surface area (Å²) in [6.07, 6.45) is 1.98. The van der Waals surface area contributed by atoms with Crippen molar-refractivity contribution in [3.05, 3.63) is 53.7 Å². The van der Waals surface area contributed by atoms with Crippen LogP contribution in [-0.2, 0) is 11.2 Å². The zero-order valence-corrected chi connectivity index (χ0v) is 12.4. The number of fused-ring (bicyclic) bond motifs is 1. The zero-order valence-electron chi connectivity index (χ0n) is 11.5.